The Kier molecular flexibility index (Phi) is 4.99. The number of urea groups is 1. The third kappa shape index (κ3) is 3.86. The molecular weight excluding hydrogens is 300 g/mol. The van der Waals surface area contributed by atoms with Crippen LogP contribution in [-0.2, 0) is 16.1 Å². The maximum Gasteiger partial charge on any atom is 0.344 e. The minimum atomic E-state index is -0.967. The first-order valence-corrected chi connectivity index (χ1v) is 7.52. The van der Waals surface area contributed by atoms with Crippen molar-refractivity contribution < 1.29 is 14.4 Å². The molecular formula is C14H22N6O3. The summed E-state index contributed by atoms with van der Waals surface area (Å²) in [5, 5.41) is 10.4. The van der Waals surface area contributed by atoms with Crippen LogP contribution in [0.3, 0.4) is 0 Å². The number of carbonyl (C=O) groups is 3. The zero-order valence-electron chi connectivity index (χ0n) is 13.5. The second-order valence-electron chi connectivity index (χ2n) is 5.80. The highest BCUT2D eigenvalue weighted by Crippen LogP contribution is 2.18. The molecule has 0 aromatic carbocycles. The highest BCUT2D eigenvalue weighted by molar-refractivity contribution is 6.07. The molecule has 0 unspecified atom stereocenters. The van der Waals surface area contributed by atoms with Gasteiger partial charge in [0.25, 0.3) is 11.8 Å². The summed E-state index contributed by atoms with van der Waals surface area (Å²) in [6.07, 6.45) is 3.96. The molecule has 9 nitrogen and oxygen atoms in total. The van der Waals surface area contributed by atoms with Crippen molar-refractivity contribution in [2.75, 3.05) is 6.54 Å². The van der Waals surface area contributed by atoms with E-state index in [1.165, 1.54) is 0 Å². The van der Waals surface area contributed by atoms with Crippen LogP contribution >= 0.6 is 0 Å². The number of amides is 4. The van der Waals surface area contributed by atoms with Crippen molar-refractivity contribution in [3.05, 3.63) is 18.5 Å². The molecule has 2 heterocycles. The summed E-state index contributed by atoms with van der Waals surface area (Å²) in [5.41, 5.74) is 1.36. The van der Waals surface area contributed by atoms with Crippen LogP contribution in [-0.4, -0.2) is 50.8 Å². The predicted octanol–water partition coefficient (Wildman–Crippen LogP) is -0.387. The van der Waals surface area contributed by atoms with Gasteiger partial charge in [0.15, 0.2) is 0 Å². The summed E-state index contributed by atoms with van der Waals surface area (Å²) in [7, 11) is 0. The molecule has 1 saturated heterocycles. The van der Waals surface area contributed by atoms with E-state index in [1.807, 2.05) is 19.2 Å². The third-order valence-electron chi connectivity index (χ3n) is 3.84. The fraction of sp³-hybridized carbons (Fsp3) is 0.571. The molecule has 9 heteroatoms. The summed E-state index contributed by atoms with van der Waals surface area (Å²) >= 11 is 0. The van der Waals surface area contributed by atoms with Crippen LogP contribution in [0.15, 0.2) is 18.5 Å². The lowest BCUT2D eigenvalue weighted by molar-refractivity contribution is -0.138. The zero-order valence-corrected chi connectivity index (χ0v) is 13.5. The molecule has 1 aromatic heterocycles. The largest absolute Gasteiger partial charge is 0.344 e. The summed E-state index contributed by atoms with van der Waals surface area (Å²) in [6.45, 7) is 5.93. The zero-order chi connectivity index (χ0) is 17.0. The van der Waals surface area contributed by atoms with Gasteiger partial charge >= 0.3 is 6.03 Å². The normalized spacial score (nSPS) is 22.1. The number of hydrogen-bond donors (Lipinski definition) is 3. The average molecular weight is 322 g/mol. The Labute approximate surface area is 134 Å². The fourth-order valence-corrected chi connectivity index (χ4v) is 2.21. The van der Waals surface area contributed by atoms with E-state index in [4.69, 9.17) is 0 Å². The summed E-state index contributed by atoms with van der Waals surface area (Å²) in [4.78, 5) is 35.9. The van der Waals surface area contributed by atoms with Crippen molar-refractivity contribution in [1.82, 2.24) is 30.8 Å². The molecule has 1 aromatic rings. The van der Waals surface area contributed by atoms with E-state index in [2.05, 4.69) is 21.2 Å². The molecule has 23 heavy (non-hydrogen) atoms. The Bertz CT molecular complexity index is 587. The molecule has 4 amide bonds. The highest BCUT2D eigenvalue weighted by atomic mass is 16.2. The van der Waals surface area contributed by atoms with E-state index in [0.717, 1.165) is 5.01 Å². The Morgan fingerprint density at radius 3 is 2.78 bits per heavy atom. The monoisotopic (exact) mass is 322 g/mol. The number of imide groups is 1. The molecule has 0 spiro atoms. The quantitative estimate of drug-likeness (QED) is 0.593. The molecule has 2 rings (SSSR count). The number of hydrogen-bond acceptors (Lipinski definition) is 5. The maximum atomic E-state index is 12.1. The Balaban J connectivity index is 1.81. The van der Waals surface area contributed by atoms with E-state index >= 15 is 0 Å². The first kappa shape index (κ1) is 16.9. The predicted molar refractivity (Wildman–Crippen MR) is 81.9 cm³/mol. The van der Waals surface area contributed by atoms with Crippen LogP contribution in [0.1, 0.15) is 27.2 Å². The van der Waals surface area contributed by atoms with Crippen molar-refractivity contribution >= 4 is 17.8 Å². The summed E-state index contributed by atoms with van der Waals surface area (Å²) < 4.78 is 1.75. The van der Waals surface area contributed by atoms with Gasteiger partial charge in [0.1, 0.15) is 5.54 Å². The number of rotatable bonds is 7. The van der Waals surface area contributed by atoms with E-state index in [-0.39, 0.29) is 12.6 Å². The minimum Gasteiger partial charge on any atom is -0.322 e. The molecule has 1 aliphatic rings. The highest BCUT2D eigenvalue weighted by Gasteiger charge is 2.47. The fourth-order valence-electron chi connectivity index (χ4n) is 2.21. The molecule has 3 N–H and O–H groups in total. The van der Waals surface area contributed by atoms with Gasteiger partial charge < -0.3 is 10.6 Å². The van der Waals surface area contributed by atoms with Gasteiger partial charge in [-0.1, -0.05) is 6.92 Å². The number of nitrogens with zero attached hydrogens (tertiary/aromatic N) is 3. The lowest BCUT2D eigenvalue weighted by Gasteiger charge is -2.20. The van der Waals surface area contributed by atoms with Crippen LogP contribution < -0.4 is 16.1 Å². The molecule has 0 radical (unpaired) electrons. The van der Waals surface area contributed by atoms with Crippen LogP contribution in [0, 0.1) is 0 Å². The minimum absolute atomic E-state index is 0.00432. The van der Waals surface area contributed by atoms with Gasteiger partial charge in [0.05, 0.1) is 13.1 Å². The van der Waals surface area contributed by atoms with Gasteiger partial charge in [-0.15, -0.1) is 0 Å². The Morgan fingerprint density at radius 1 is 1.48 bits per heavy atom. The molecule has 126 valence electrons. The SMILES string of the molecule is CC[C@]1(C)NC(=O)N(NC(=O)CN[C@H](C)Cn2cccn2)C1=O. The number of hydrazine groups is 1. The van der Waals surface area contributed by atoms with E-state index in [1.54, 1.807) is 24.7 Å². The van der Waals surface area contributed by atoms with Gasteiger partial charge in [-0.25, -0.2) is 4.79 Å². The number of aromatic nitrogens is 2. The van der Waals surface area contributed by atoms with Crippen molar-refractivity contribution in [2.45, 2.75) is 45.3 Å². The van der Waals surface area contributed by atoms with Crippen molar-refractivity contribution in [2.24, 2.45) is 0 Å². The molecule has 0 saturated carbocycles. The van der Waals surface area contributed by atoms with Crippen molar-refractivity contribution in [3.63, 3.8) is 0 Å². The molecule has 2 atom stereocenters. The molecule has 0 bridgehead atoms. The first-order valence-electron chi connectivity index (χ1n) is 7.52. The maximum absolute atomic E-state index is 12.1. The Hall–Kier alpha value is -2.42. The standard InChI is InChI=1S/C14H22N6O3/c1-4-14(3)12(22)20(13(23)17-14)18-11(21)8-15-10(2)9-19-7-5-6-16-19/h5-7,10,15H,4,8-9H2,1-3H3,(H,17,23)(H,18,21)/t10-,14+/m1/s1. The van der Waals surface area contributed by atoms with Gasteiger partial charge in [0.2, 0.25) is 0 Å². The summed E-state index contributed by atoms with van der Waals surface area (Å²) in [6, 6.07) is 1.21. The summed E-state index contributed by atoms with van der Waals surface area (Å²) in [5.74, 6) is -0.913. The van der Waals surface area contributed by atoms with Crippen LogP contribution in [0.2, 0.25) is 0 Å². The van der Waals surface area contributed by atoms with Crippen LogP contribution in [0.5, 0.6) is 0 Å². The Morgan fingerprint density at radius 2 is 2.22 bits per heavy atom. The number of carbonyl (C=O) groups excluding carboxylic acids is 3. The van der Waals surface area contributed by atoms with Gasteiger partial charge in [-0.3, -0.25) is 19.7 Å². The van der Waals surface area contributed by atoms with Crippen molar-refractivity contribution in [3.8, 4) is 0 Å². The lowest BCUT2D eigenvalue weighted by Crippen LogP contribution is -2.51. The van der Waals surface area contributed by atoms with Gasteiger partial charge in [-0.05, 0) is 26.3 Å². The molecule has 0 aliphatic carbocycles. The van der Waals surface area contributed by atoms with Crippen LogP contribution in [0.4, 0.5) is 4.79 Å². The van der Waals surface area contributed by atoms with Gasteiger partial charge in [-0.2, -0.15) is 10.1 Å². The molecule has 1 fully saturated rings. The average Bonchev–Trinajstić information content (AvgIpc) is 3.08. The van der Waals surface area contributed by atoms with E-state index in [9.17, 15) is 14.4 Å². The topological polar surface area (TPSA) is 108 Å². The second-order valence-corrected chi connectivity index (χ2v) is 5.80. The number of nitrogens with one attached hydrogen (secondary N) is 3. The van der Waals surface area contributed by atoms with E-state index in [0.29, 0.717) is 13.0 Å². The van der Waals surface area contributed by atoms with Crippen molar-refractivity contribution in [1.29, 1.82) is 0 Å². The lowest BCUT2D eigenvalue weighted by atomic mass is 10.00. The molecule has 1 aliphatic heterocycles. The van der Waals surface area contributed by atoms with Crippen LogP contribution in [0.25, 0.3) is 0 Å². The smallest absolute Gasteiger partial charge is 0.322 e. The third-order valence-corrected chi connectivity index (χ3v) is 3.84. The van der Waals surface area contributed by atoms with Gasteiger partial charge in [0, 0.05) is 18.4 Å². The van der Waals surface area contributed by atoms with E-state index < -0.39 is 23.4 Å². The first-order chi connectivity index (χ1) is 10.9. The second kappa shape index (κ2) is 6.78.